The molecule has 5 rings (SSSR count). The molecule has 2 fully saturated rings. The van der Waals surface area contributed by atoms with Gasteiger partial charge in [-0.3, -0.25) is 9.80 Å². The molecule has 42 heavy (non-hydrogen) atoms. The van der Waals surface area contributed by atoms with Crippen LogP contribution in [0.5, 0.6) is 0 Å². The molecule has 0 amide bonds. The van der Waals surface area contributed by atoms with Crippen molar-refractivity contribution in [1.29, 1.82) is 0 Å². The third-order valence-corrected chi connectivity index (χ3v) is 9.50. The molecule has 2 aromatic carbocycles. The van der Waals surface area contributed by atoms with Crippen LogP contribution in [0.4, 0.5) is 18.9 Å². The number of fused-ring (bicyclic) bond motifs is 1. The Balaban J connectivity index is 0.00000198. The van der Waals surface area contributed by atoms with E-state index < -0.39 is 23.8 Å². The first-order chi connectivity index (χ1) is 20.1. The van der Waals surface area contributed by atoms with Crippen LogP contribution in [0.3, 0.4) is 0 Å². The second kappa shape index (κ2) is 14.4. The number of hydrogen-bond acceptors (Lipinski definition) is 3. The van der Waals surface area contributed by atoms with E-state index in [1.165, 1.54) is 50.3 Å². The van der Waals surface area contributed by atoms with Gasteiger partial charge in [0.2, 0.25) is 0 Å². The van der Waals surface area contributed by atoms with Crippen molar-refractivity contribution in [2.45, 2.75) is 91.8 Å². The number of nitrogens with zero attached hydrogens (tertiary/aromatic N) is 3. The summed E-state index contributed by atoms with van der Waals surface area (Å²) in [4.78, 5) is 6.59. The van der Waals surface area contributed by atoms with E-state index >= 15 is 8.78 Å². The molecular weight excluding hydrogens is 531 g/mol. The first-order valence-corrected chi connectivity index (χ1v) is 16.2. The molecule has 3 nitrogen and oxygen atoms in total. The fraction of sp³-hybridized carbons (Fsp3) is 0.611. The fourth-order valence-corrected chi connectivity index (χ4v) is 7.53. The lowest BCUT2D eigenvalue weighted by atomic mass is 9.71. The molecular formula is C36H52F3N3. The Hall–Kier alpha value is -2.31. The van der Waals surface area contributed by atoms with Crippen LogP contribution in [0.25, 0.3) is 0 Å². The van der Waals surface area contributed by atoms with E-state index in [9.17, 15) is 4.39 Å². The van der Waals surface area contributed by atoms with Gasteiger partial charge in [-0.25, -0.2) is 13.2 Å². The van der Waals surface area contributed by atoms with Crippen LogP contribution in [0.2, 0.25) is 0 Å². The summed E-state index contributed by atoms with van der Waals surface area (Å²) in [7, 11) is 0. The first-order valence-electron chi connectivity index (χ1n) is 16.2. The zero-order valence-corrected chi connectivity index (χ0v) is 26.6. The van der Waals surface area contributed by atoms with Crippen LogP contribution < -0.4 is 4.90 Å². The largest absolute Gasteiger partial charge is 0.371 e. The Morgan fingerprint density at radius 1 is 0.952 bits per heavy atom. The Morgan fingerprint density at radius 3 is 2.14 bits per heavy atom. The second-order valence-electron chi connectivity index (χ2n) is 12.9. The maximum absolute atomic E-state index is 15.9. The maximum atomic E-state index is 15.9. The minimum absolute atomic E-state index is 0.0433. The van der Waals surface area contributed by atoms with Crippen LogP contribution in [-0.2, 0) is 6.42 Å². The molecule has 2 atom stereocenters. The van der Waals surface area contributed by atoms with E-state index in [0.29, 0.717) is 17.6 Å². The molecule has 0 aromatic heterocycles. The number of piperidine rings is 1. The van der Waals surface area contributed by atoms with Crippen molar-refractivity contribution < 1.29 is 13.2 Å². The molecule has 232 valence electrons. The van der Waals surface area contributed by atoms with Crippen molar-refractivity contribution in [2.24, 2.45) is 5.41 Å². The number of hydrogen-bond donors (Lipinski definition) is 0. The standard InChI is InChI=1S/C34H46F3N3.C2H6/c1-24(2)22-38-17-12-34(13-18-38)10-5-14-39(15-6-11-34)28-20-30(36)32(31(37)21-28)33-29-8-7-25(3)19-27(29)9-16-40(33)23-26(4)35;1-2/h7-8,19-21,26,33H,1,5-6,9-18,22-23H2,2-4H3;1-2H3. The topological polar surface area (TPSA) is 9.72 Å². The predicted molar refractivity (Wildman–Crippen MR) is 170 cm³/mol. The van der Waals surface area contributed by atoms with Gasteiger partial charge in [-0.2, -0.15) is 0 Å². The Kier molecular flexibility index (Phi) is 11.2. The molecule has 0 N–H and O–H groups in total. The second-order valence-corrected chi connectivity index (χ2v) is 12.9. The summed E-state index contributed by atoms with van der Waals surface area (Å²) in [6.45, 7) is 19.3. The van der Waals surface area contributed by atoms with Gasteiger partial charge in [0.15, 0.2) is 0 Å². The first kappa shape index (κ1) is 32.6. The normalized spacial score (nSPS) is 22.0. The molecule has 2 aromatic rings. The summed E-state index contributed by atoms with van der Waals surface area (Å²) >= 11 is 0. The minimum atomic E-state index is -1.08. The van der Waals surface area contributed by atoms with Crippen LogP contribution >= 0.6 is 0 Å². The molecule has 0 aliphatic carbocycles. The average molecular weight is 584 g/mol. The van der Waals surface area contributed by atoms with Gasteiger partial charge < -0.3 is 4.90 Å². The number of benzene rings is 2. The summed E-state index contributed by atoms with van der Waals surface area (Å²) in [6, 6.07) is 8.46. The molecule has 3 heterocycles. The lowest BCUT2D eigenvalue weighted by Gasteiger charge is -2.44. The molecule has 0 saturated carbocycles. The number of anilines is 1. The van der Waals surface area contributed by atoms with E-state index in [4.69, 9.17) is 0 Å². The van der Waals surface area contributed by atoms with Gasteiger partial charge in [-0.05, 0) is 107 Å². The van der Waals surface area contributed by atoms with Gasteiger partial charge in [0.05, 0.1) is 6.04 Å². The monoisotopic (exact) mass is 583 g/mol. The third kappa shape index (κ3) is 7.60. The highest BCUT2D eigenvalue weighted by Crippen LogP contribution is 2.43. The summed E-state index contributed by atoms with van der Waals surface area (Å²) in [6.07, 6.45) is 6.53. The van der Waals surface area contributed by atoms with Crippen molar-refractivity contribution in [3.63, 3.8) is 0 Å². The quantitative estimate of drug-likeness (QED) is 0.315. The summed E-state index contributed by atoms with van der Waals surface area (Å²) in [5, 5.41) is 0. The zero-order valence-electron chi connectivity index (χ0n) is 26.6. The van der Waals surface area contributed by atoms with Crippen LogP contribution in [0.15, 0.2) is 42.5 Å². The minimum Gasteiger partial charge on any atom is -0.371 e. The highest BCUT2D eigenvalue weighted by Gasteiger charge is 2.36. The van der Waals surface area contributed by atoms with Crippen molar-refractivity contribution >= 4 is 5.69 Å². The summed E-state index contributed by atoms with van der Waals surface area (Å²) in [5.41, 5.74) is 5.40. The number of aryl methyl sites for hydroxylation is 1. The zero-order chi connectivity index (χ0) is 30.4. The molecule has 0 radical (unpaired) electrons. The van der Waals surface area contributed by atoms with E-state index in [1.807, 2.05) is 37.8 Å². The van der Waals surface area contributed by atoms with Crippen molar-refractivity contribution in [3.8, 4) is 0 Å². The third-order valence-electron chi connectivity index (χ3n) is 9.50. The lowest BCUT2D eigenvalue weighted by molar-refractivity contribution is 0.0862. The van der Waals surface area contributed by atoms with Crippen LogP contribution in [-0.4, -0.2) is 61.8 Å². The summed E-state index contributed by atoms with van der Waals surface area (Å²) < 4.78 is 46.0. The van der Waals surface area contributed by atoms with Crippen molar-refractivity contribution in [1.82, 2.24) is 9.80 Å². The van der Waals surface area contributed by atoms with E-state index in [2.05, 4.69) is 29.4 Å². The van der Waals surface area contributed by atoms with Gasteiger partial charge in [-0.15, -0.1) is 0 Å². The SMILES string of the molecule is C=C(C)CN1CCC2(CCCN(c3cc(F)c(C4c5ccc(C)cc5CCN4CC(C)F)c(F)c3)CCC2)CC1.CC. The highest BCUT2D eigenvalue weighted by atomic mass is 19.1. The molecule has 2 unspecified atom stereocenters. The predicted octanol–water partition coefficient (Wildman–Crippen LogP) is 8.64. The lowest BCUT2D eigenvalue weighted by Crippen LogP contribution is -2.42. The van der Waals surface area contributed by atoms with Crippen molar-refractivity contribution in [3.05, 3.63) is 76.4 Å². The van der Waals surface area contributed by atoms with Crippen LogP contribution in [0.1, 0.15) is 94.5 Å². The number of halogens is 3. The van der Waals surface area contributed by atoms with Crippen LogP contribution in [0, 0.1) is 24.0 Å². The Labute approximate surface area is 252 Å². The number of alkyl halides is 1. The van der Waals surface area contributed by atoms with Gasteiger partial charge in [0, 0.05) is 44.0 Å². The molecule has 2 saturated heterocycles. The van der Waals surface area contributed by atoms with Gasteiger partial charge >= 0.3 is 0 Å². The Bertz CT molecular complexity index is 1170. The van der Waals surface area contributed by atoms with Gasteiger partial charge in [0.1, 0.15) is 17.8 Å². The van der Waals surface area contributed by atoms with E-state index in [1.54, 1.807) is 0 Å². The van der Waals surface area contributed by atoms with Crippen molar-refractivity contribution in [2.75, 3.05) is 50.7 Å². The average Bonchev–Trinajstić information content (AvgIpc) is 2.93. The molecule has 0 bridgehead atoms. The van der Waals surface area contributed by atoms with E-state index in [0.717, 1.165) is 68.7 Å². The van der Waals surface area contributed by atoms with Gasteiger partial charge in [-0.1, -0.05) is 49.8 Å². The highest BCUT2D eigenvalue weighted by molar-refractivity contribution is 5.52. The molecule has 3 aliphatic rings. The molecule has 3 aliphatic heterocycles. The smallest absolute Gasteiger partial charge is 0.133 e. The summed E-state index contributed by atoms with van der Waals surface area (Å²) in [5.74, 6) is -1.07. The number of likely N-dealkylation sites (tertiary alicyclic amines) is 1. The number of rotatable bonds is 6. The van der Waals surface area contributed by atoms with Gasteiger partial charge in [0.25, 0.3) is 0 Å². The molecule has 1 spiro atoms. The maximum Gasteiger partial charge on any atom is 0.133 e. The van der Waals surface area contributed by atoms with E-state index in [-0.39, 0.29) is 12.1 Å². The fourth-order valence-electron chi connectivity index (χ4n) is 7.53. The Morgan fingerprint density at radius 2 is 1.57 bits per heavy atom. The molecule has 6 heteroatoms.